The predicted molar refractivity (Wildman–Crippen MR) is 136 cm³/mol. The average molecular weight is 460 g/mol. The standard InChI is InChI=1S/C28H20N4O3/c33-26-21(16-15-18-9-7-8-14-22(18)26)17-29-31-27(34)24-23(19-10-3-1-4-11-19)25(30-32-28(24)35)20-12-5-2-6-13-20/h1-17,33H,(H,31,34)(H,32,35). The number of phenolic OH excluding ortho intramolecular Hbond substituents is 1. The Bertz CT molecular complexity index is 1610. The first-order chi connectivity index (χ1) is 17.1. The average Bonchev–Trinajstić information content (AvgIpc) is 2.91. The van der Waals surface area contributed by atoms with Gasteiger partial charge in [-0.15, -0.1) is 0 Å². The molecule has 5 rings (SSSR count). The number of hydrogen-bond acceptors (Lipinski definition) is 5. The third-order valence-corrected chi connectivity index (χ3v) is 5.62. The van der Waals surface area contributed by atoms with Crippen LogP contribution in [0.15, 0.2) is 107 Å². The summed E-state index contributed by atoms with van der Waals surface area (Å²) >= 11 is 0. The van der Waals surface area contributed by atoms with Crippen molar-refractivity contribution in [1.29, 1.82) is 0 Å². The third kappa shape index (κ3) is 4.30. The molecule has 0 unspecified atom stereocenters. The minimum atomic E-state index is -0.693. The molecule has 0 saturated heterocycles. The molecule has 5 aromatic rings. The zero-order chi connectivity index (χ0) is 24.2. The Morgan fingerprint density at radius 2 is 1.51 bits per heavy atom. The van der Waals surface area contributed by atoms with E-state index in [0.29, 0.717) is 27.8 Å². The largest absolute Gasteiger partial charge is 0.507 e. The molecule has 1 aromatic heterocycles. The number of carbonyl (C=O) groups is 1. The van der Waals surface area contributed by atoms with Gasteiger partial charge in [0.25, 0.3) is 11.5 Å². The molecule has 0 aliphatic rings. The lowest BCUT2D eigenvalue weighted by atomic mass is 9.95. The van der Waals surface area contributed by atoms with Crippen LogP contribution in [0.2, 0.25) is 0 Å². The molecule has 0 atom stereocenters. The van der Waals surface area contributed by atoms with Crippen molar-refractivity contribution < 1.29 is 9.90 Å². The van der Waals surface area contributed by atoms with Gasteiger partial charge in [0.15, 0.2) is 0 Å². The lowest BCUT2D eigenvalue weighted by molar-refractivity contribution is 0.0954. The smallest absolute Gasteiger partial charge is 0.277 e. The van der Waals surface area contributed by atoms with E-state index in [1.165, 1.54) is 6.21 Å². The van der Waals surface area contributed by atoms with Gasteiger partial charge in [0, 0.05) is 22.1 Å². The van der Waals surface area contributed by atoms with Crippen molar-refractivity contribution >= 4 is 22.9 Å². The van der Waals surface area contributed by atoms with Gasteiger partial charge >= 0.3 is 0 Å². The number of nitrogens with one attached hydrogen (secondary N) is 2. The molecule has 0 aliphatic heterocycles. The van der Waals surface area contributed by atoms with E-state index in [9.17, 15) is 14.7 Å². The van der Waals surface area contributed by atoms with Crippen molar-refractivity contribution in [2.24, 2.45) is 5.10 Å². The molecular weight excluding hydrogens is 440 g/mol. The Labute approximate surface area is 200 Å². The van der Waals surface area contributed by atoms with Crippen molar-refractivity contribution in [3.63, 3.8) is 0 Å². The molecule has 0 radical (unpaired) electrons. The summed E-state index contributed by atoms with van der Waals surface area (Å²) in [5.41, 5.74) is 4.41. The first kappa shape index (κ1) is 21.8. The van der Waals surface area contributed by atoms with Gasteiger partial charge in [0.05, 0.1) is 11.9 Å². The molecule has 0 saturated carbocycles. The summed E-state index contributed by atoms with van der Waals surface area (Å²) in [6, 6.07) is 29.4. The summed E-state index contributed by atoms with van der Waals surface area (Å²) in [6.07, 6.45) is 1.34. The molecule has 0 aliphatic carbocycles. The first-order valence-corrected chi connectivity index (χ1v) is 10.9. The zero-order valence-corrected chi connectivity index (χ0v) is 18.5. The third-order valence-electron chi connectivity index (χ3n) is 5.62. The fourth-order valence-electron chi connectivity index (χ4n) is 3.95. The molecule has 1 heterocycles. The highest BCUT2D eigenvalue weighted by molar-refractivity contribution is 6.04. The summed E-state index contributed by atoms with van der Waals surface area (Å²) < 4.78 is 0. The lowest BCUT2D eigenvalue weighted by Gasteiger charge is -2.13. The number of hydrogen-bond donors (Lipinski definition) is 3. The minimum Gasteiger partial charge on any atom is -0.507 e. The number of aromatic amines is 1. The van der Waals surface area contributed by atoms with Crippen LogP contribution in [0.5, 0.6) is 5.75 Å². The van der Waals surface area contributed by atoms with Gasteiger partial charge in [-0.25, -0.2) is 10.5 Å². The van der Waals surface area contributed by atoms with E-state index < -0.39 is 11.5 Å². The Kier molecular flexibility index (Phi) is 5.88. The van der Waals surface area contributed by atoms with E-state index >= 15 is 0 Å². The van der Waals surface area contributed by atoms with Gasteiger partial charge in [-0.2, -0.15) is 10.2 Å². The highest BCUT2D eigenvalue weighted by atomic mass is 16.3. The van der Waals surface area contributed by atoms with Crippen LogP contribution in [0.4, 0.5) is 0 Å². The predicted octanol–water partition coefficient (Wildman–Crippen LogP) is 4.73. The van der Waals surface area contributed by atoms with Crippen LogP contribution >= 0.6 is 0 Å². The highest BCUT2D eigenvalue weighted by Gasteiger charge is 2.22. The summed E-state index contributed by atoms with van der Waals surface area (Å²) in [6.45, 7) is 0. The van der Waals surface area contributed by atoms with E-state index in [1.54, 1.807) is 12.1 Å². The molecule has 170 valence electrons. The molecule has 0 fully saturated rings. The number of aromatic nitrogens is 2. The molecule has 3 N–H and O–H groups in total. The van der Waals surface area contributed by atoms with Crippen molar-refractivity contribution in [2.45, 2.75) is 0 Å². The van der Waals surface area contributed by atoms with Crippen LogP contribution in [0.1, 0.15) is 15.9 Å². The van der Waals surface area contributed by atoms with Crippen LogP contribution < -0.4 is 11.0 Å². The Morgan fingerprint density at radius 3 is 2.26 bits per heavy atom. The lowest BCUT2D eigenvalue weighted by Crippen LogP contribution is -2.28. The minimum absolute atomic E-state index is 0.0548. The van der Waals surface area contributed by atoms with E-state index in [2.05, 4.69) is 20.7 Å². The highest BCUT2D eigenvalue weighted by Crippen LogP contribution is 2.31. The number of fused-ring (bicyclic) bond motifs is 1. The van der Waals surface area contributed by atoms with E-state index in [4.69, 9.17) is 0 Å². The van der Waals surface area contributed by atoms with Crippen LogP contribution in [0.3, 0.4) is 0 Å². The molecule has 1 amide bonds. The van der Waals surface area contributed by atoms with Gasteiger partial charge in [0.1, 0.15) is 11.3 Å². The van der Waals surface area contributed by atoms with Gasteiger partial charge in [-0.1, -0.05) is 91.0 Å². The maximum absolute atomic E-state index is 13.2. The number of nitrogens with zero attached hydrogens (tertiary/aromatic N) is 2. The second-order valence-electron chi connectivity index (χ2n) is 7.81. The number of H-pyrrole nitrogens is 1. The van der Waals surface area contributed by atoms with Crippen LogP contribution in [-0.4, -0.2) is 27.4 Å². The Hall–Kier alpha value is -5.04. The van der Waals surface area contributed by atoms with Crippen molar-refractivity contribution in [1.82, 2.24) is 15.6 Å². The maximum atomic E-state index is 13.2. The summed E-state index contributed by atoms with van der Waals surface area (Å²) in [4.78, 5) is 26.0. The van der Waals surface area contributed by atoms with Gasteiger partial charge < -0.3 is 5.11 Å². The van der Waals surface area contributed by atoms with Crippen LogP contribution in [0.25, 0.3) is 33.2 Å². The fraction of sp³-hybridized carbons (Fsp3) is 0. The molecule has 0 spiro atoms. The summed E-state index contributed by atoms with van der Waals surface area (Å²) in [5, 5.41) is 22.8. The summed E-state index contributed by atoms with van der Waals surface area (Å²) in [5.74, 6) is -0.639. The van der Waals surface area contributed by atoms with Crippen molar-refractivity contribution in [3.05, 3.63) is 119 Å². The number of benzene rings is 4. The van der Waals surface area contributed by atoms with E-state index in [0.717, 1.165) is 10.9 Å². The molecule has 7 heteroatoms. The van der Waals surface area contributed by atoms with Crippen LogP contribution in [0, 0.1) is 0 Å². The molecule has 0 bridgehead atoms. The van der Waals surface area contributed by atoms with Crippen molar-refractivity contribution in [2.75, 3.05) is 0 Å². The zero-order valence-electron chi connectivity index (χ0n) is 18.5. The second kappa shape index (κ2) is 9.44. The van der Waals surface area contributed by atoms with E-state index in [1.807, 2.05) is 84.9 Å². The number of phenols is 1. The first-order valence-electron chi connectivity index (χ1n) is 10.9. The number of hydrazone groups is 1. The molecular formula is C28H20N4O3. The molecule has 35 heavy (non-hydrogen) atoms. The monoisotopic (exact) mass is 460 g/mol. The van der Waals surface area contributed by atoms with Gasteiger partial charge in [-0.05, 0) is 17.0 Å². The SMILES string of the molecule is O=C(NN=Cc1ccc2ccccc2c1O)c1c(-c2ccccc2)c(-c2ccccc2)n[nH]c1=O. The van der Waals surface area contributed by atoms with Gasteiger partial charge in [0.2, 0.25) is 0 Å². The van der Waals surface area contributed by atoms with Crippen LogP contribution in [-0.2, 0) is 0 Å². The number of aromatic hydroxyl groups is 1. The normalized spacial score (nSPS) is 11.1. The van der Waals surface area contributed by atoms with E-state index in [-0.39, 0.29) is 11.3 Å². The Morgan fingerprint density at radius 1 is 0.857 bits per heavy atom. The number of amides is 1. The second-order valence-corrected chi connectivity index (χ2v) is 7.81. The summed E-state index contributed by atoms with van der Waals surface area (Å²) in [7, 11) is 0. The molecule has 7 nitrogen and oxygen atoms in total. The Balaban J connectivity index is 1.54. The number of rotatable bonds is 5. The van der Waals surface area contributed by atoms with Gasteiger partial charge in [-0.3, -0.25) is 9.59 Å². The maximum Gasteiger partial charge on any atom is 0.277 e. The quantitative estimate of drug-likeness (QED) is 0.260. The van der Waals surface area contributed by atoms with Crippen molar-refractivity contribution in [3.8, 4) is 28.1 Å². The molecule has 4 aromatic carbocycles. The topological polar surface area (TPSA) is 107 Å². The number of carbonyl (C=O) groups excluding carboxylic acids is 1. The fourth-order valence-corrected chi connectivity index (χ4v) is 3.95.